The number of benzene rings is 2. The van der Waals surface area contributed by atoms with E-state index in [0.29, 0.717) is 23.1 Å². The Bertz CT molecular complexity index is 1280. The molecule has 34 heavy (non-hydrogen) atoms. The summed E-state index contributed by atoms with van der Waals surface area (Å²) in [5, 5.41) is 4.02. The number of amides is 2. The Labute approximate surface area is 197 Å². The number of nitrogens with zero attached hydrogens (tertiary/aromatic N) is 2. The van der Waals surface area contributed by atoms with Gasteiger partial charge >= 0.3 is 0 Å². The number of aldehydes is 1. The van der Waals surface area contributed by atoms with Crippen molar-refractivity contribution in [3.05, 3.63) is 65.6 Å². The van der Waals surface area contributed by atoms with Gasteiger partial charge in [0.15, 0.2) is 0 Å². The number of hydrogen-bond acceptors (Lipinski definition) is 4. The first-order valence-corrected chi connectivity index (χ1v) is 11.2. The zero-order valence-electron chi connectivity index (χ0n) is 19.7. The molecule has 7 nitrogen and oxygen atoms in total. The molecule has 3 unspecified atom stereocenters. The monoisotopic (exact) mass is 464 g/mol. The fraction of sp³-hybridized carbons (Fsp3) is 0.346. The molecule has 1 saturated heterocycles. The molecule has 2 amide bonds. The average molecular weight is 465 g/mol. The Hall–Kier alpha value is -3.68. The topological polar surface area (TPSA) is 97.4 Å². The van der Waals surface area contributed by atoms with Crippen molar-refractivity contribution < 1.29 is 18.8 Å². The normalized spacial score (nSPS) is 19.4. The third-order valence-corrected chi connectivity index (χ3v) is 6.50. The van der Waals surface area contributed by atoms with Crippen molar-refractivity contribution in [1.82, 2.24) is 9.47 Å². The van der Waals surface area contributed by atoms with Gasteiger partial charge in [0.2, 0.25) is 11.8 Å². The number of likely N-dealkylation sites (tertiary alicyclic amines) is 1. The van der Waals surface area contributed by atoms with Gasteiger partial charge in [-0.05, 0) is 52.3 Å². The highest BCUT2D eigenvalue weighted by molar-refractivity contribution is 5.92. The number of nitrogens with one attached hydrogen (secondary N) is 1. The molecule has 0 bridgehead atoms. The van der Waals surface area contributed by atoms with Crippen molar-refractivity contribution >= 4 is 34.7 Å². The van der Waals surface area contributed by atoms with Crippen LogP contribution in [-0.2, 0) is 26.8 Å². The van der Waals surface area contributed by atoms with Crippen LogP contribution < -0.4 is 11.1 Å². The molecule has 3 aromatic rings. The van der Waals surface area contributed by atoms with Crippen molar-refractivity contribution in [3.8, 4) is 0 Å². The van der Waals surface area contributed by atoms with E-state index < -0.39 is 29.8 Å². The molecule has 4 rings (SSSR count). The number of nitrogens with two attached hydrogens (primary N) is 1. The number of aryl methyl sites for hydroxylation is 1. The van der Waals surface area contributed by atoms with Crippen LogP contribution in [0.1, 0.15) is 44.4 Å². The van der Waals surface area contributed by atoms with Gasteiger partial charge in [0.25, 0.3) is 0 Å². The molecule has 2 aromatic carbocycles. The summed E-state index contributed by atoms with van der Waals surface area (Å²) >= 11 is 0. The number of aromatic nitrogens is 1. The van der Waals surface area contributed by atoms with E-state index in [0.717, 1.165) is 10.9 Å². The summed E-state index contributed by atoms with van der Waals surface area (Å²) in [6.07, 6.45) is 1.57. The first-order valence-electron chi connectivity index (χ1n) is 11.2. The van der Waals surface area contributed by atoms with E-state index in [9.17, 15) is 18.8 Å². The molecule has 3 N–H and O–H groups in total. The molecule has 0 radical (unpaired) electrons. The van der Waals surface area contributed by atoms with E-state index in [1.807, 2.05) is 56.8 Å². The molecule has 3 atom stereocenters. The lowest BCUT2D eigenvalue weighted by atomic mass is 9.86. The second-order valence-electron chi connectivity index (χ2n) is 9.87. The lowest BCUT2D eigenvalue weighted by Crippen LogP contribution is -2.46. The minimum Gasteiger partial charge on any atom is -0.369 e. The molecule has 8 heteroatoms. The summed E-state index contributed by atoms with van der Waals surface area (Å²) in [5.74, 6) is -2.31. The van der Waals surface area contributed by atoms with Crippen LogP contribution in [0.2, 0.25) is 0 Å². The molecule has 0 saturated carbocycles. The van der Waals surface area contributed by atoms with Gasteiger partial charge in [-0.3, -0.25) is 9.59 Å². The number of anilines is 1. The Morgan fingerprint density at radius 2 is 1.94 bits per heavy atom. The molecule has 178 valence electrons. The molecule has 0 aliphatic carbocycles. The van der Waals surface area contributed by atoms with E-state index in [1.165, 1.54) is 11.0 Å². The minimum absolute atomic E-state index is 0.131. The highest BCUT2D eigenvalue weighted by Crippen LogP contribution is 2.36. The fourth-order valence-electron chi connectivity index (χ4n) is 4.68. The lowest BCUT2D eigenvalue weighted by Gasteiger charge is -2.33. The fourth-order valence-corrected chi connectivity index (χ4v) is 4.68. The van der Waals surface area contributed by atoms with Gasteiger partial charge in [-0.2, -0.15) is 0 Å². The summed E-state index contributed by atoms with van der Waals surface area (Å²) in [7, 11) is 1.92. The second-order valence-corrected chi connectivity index (χ2v) is 9.87. The van der Waals surface area contributed by atoms with Crippen molar-refractivity contribution in [1.29, 1.82) is 0 Å². The van der Waals surface area contributed by atoms with Gasteiger partial charge in [-0.1, -0.05) is 32.9 Å². The van der Waals surface area contributed by atoms with Crippen LogP contribution >= 0.6 is 0 Å². The van der Waals surface area contributed by atoms with Crippen molar-refractivity contribution in [3.63, 3.8) is 0 Å². The molecule has 0 spiro atoms. The van der Waals surface area contributed by atoms with Crippen LogP contribution in [0.3, 0.4) is 0 Å². The molecule has 1 aliphatic heterocycles. The highest BCUT2D eigenvalue weighted by Gasteiger charge is 2.46. The Morgan fingerprint density at radius 1 is 1.21 bits per heavy atom. The van der Waals surface area contributed by atoms with Crippen LogP contribution in [0.25, 0.3) is 10.9 Å². The standard InChI is InChI=1S/C26H29FN4O3/c1-26(2,3)19-7-6-17(12-20(19)27)29-25-18(24(28)34)13-23(33)31(25)22(14-32)15-5-8-21-16(11-15)9-10-30(21)4/h5-12,14,18,22,25,29H,13H2,1-4H3,(H2,28,34). The van der Waals surface area contributed by atoms with Crippen LogP contribution in [0.4, 0.5) is 10.1 Å². The first-order chi connectivity index (χ1) is 16.0. The second kappa shape index (κ2) is 8.59. The molecular formula is C26H29FN4O3. The SMILES string of the molecule is Cn1ccc2cc(C(C=O)N3C(=O)CC(C(N)=O)C3Nc3ccc(C(C)(C)C)c(F)c3)ccc21. The lowest BCUT2D eigenvalue weighted by molar-refractivity contribution is -0.134. The first kappa shape index (κ1) is 23.5. The molecule has 1 aromatic heterocycles. The Balaban J connectivity index is 1.71. The number of hydrogen-bond donors (Lipinski definition) is 2. The number of primary amides is 1. The van der Waals surface area contributed by atoms with E-state index >= 15 is 0 Å². The number of carbonyl (C=O) groups is 3. The number of carbonyl (C=O) groups excluding carboxylic acids is 3. The minimum atomic E-state index is -0.933. The predicted octanol–water partition coefficient (Wildman–Crippen LogP) is 3.63. The maximum atomic E-state index is 14.8. The summed E-state index contributed by atoms with van der Waals surface area (Å²) in [6.45, 7) is 5.74. The van der Waals surface area contributed by atoms with Gasteiger partial charge < -0.3 is 25.3 Å². The highest BCUT2D eigenvalue weighted by atomic mass is 19.1. The van der Waals surface area contributed by atoms with Gasteiger partial charge in [-0.25, -0.2) is 4.39 Å². The third-order valence-electron chi connectivity index (χ3n) is 6.50. The number of halogens is 1. The largest absolute Gasteiger partial charge is 0.369 e. The maximum Gasteiger partial charge on any atom is 0.226 e. The Morgan fingerprint density at radius 3 is 2.56 bits per heavy atom. The molecule has 1 aliphatic rings. The summed E-state index contributed by atoms with van der Waals surface area (Å²) in [4.78, 5) is 38.8. The third kappa shape index (κ3) is 4.16. The van der Waals surface area contributed by atoms with Gasteiger partial charge in [-0.15, -0.1) is 0 Å². The summed E-state index contributed by atoms with van der Waals surface area (Å²) < 4.78 is 16.8. The maximum absolute atomic E-state index is 14.8. The molecule has 1 fully saturated rings. The number of fused-ring (bicyclic) bond motifs is 1. The van der Waals surface area contributed by atoms with Crippen LogP contribution in [-0.4, -0.2) is 33.7 Å². The smallest absolute Gasteiger partial charge is 0.226 e. The van der Waals surface area contributed by atoms with Crippen LogP contribution in [0.15, 0.2) is 48.7 Å². The predicted molar refractivity (Wildman–Crippen MR) is 128 cm³/mol. The average Bonchev–Trinajstić information content (AvgIpc) is 3.28. The zero-order valence-corrected chi connectivity index (χ0v) is 19.7. The van der Waals surface area contributed by atoms with E-state index in [-0.39, 0.29) is 17.7 Å². The van der Waals surface area contributed by atoms with E-state index in [1.54, 1.807) is 18.2 Å². The van der Waals surface area contributed by atoms with Crippen molar-refractivity contribution in [2.75, 3.05) is 5.32 Å². The zero-order chi connectivity index (χ0) is 24.8. The van der Waals surface area contributed by atoms with E-state index in [4.69, 9.17) is 5.73 Å². The quantitative estimate of drug-likeness (QED) is 0.545. The van der Waals surface area contributed by atoms with Gasteiger partial charge in [0, 0.05) is 30.9 Å². The number of rotatable bonds is 6. The molecular weight excluding hydrogens is 435 g/mol. The van der Waals surface area contributed by atoms with Crippen molar-refractivity contribution in [2.24, 2.45) is 18.7 Å². The van der Waals surface area contributed by atoms with Crippen molar-refractivity contribution in [2.45, 2.75) is 44.8 Å². The van der Waals surface area contributed by atoms with Crippen LogP contribution in [0.5, 0.6) is 0 Å². The van der Waals surface area contributed by atoms with Crippen LogP contribution in [0, 0.1) is 11.7 Å². The van der Waals surface area contributed by atoms with E-state index in [2.05, 4.69) is 5.32 Å². The van der Waals surface area contributed by atoms with Gasteiger partial charge in [0.05, 0.1) is 5.92 Å². The summed E-state index contributed by atoms with van der Waals surface area (Å²) in [6, 6.07) is 11.2. The summed E-state index contributed by atoms with van der Waals surface area (Å²) in [5.41, 5.74) is 7.77. The Kier molecular flexibility index (Phi) is 5.93. The molecule has 2 heterocycles. The van der Waals surface area contributed by atoms with Gasteiger partial charge in [0.1, 0.15) is 24.3 Å².